The number of piperidine rings is 1. The molecule has 3 heterocycles. The van der Waals surface area contributed by atoms with E-state index in [0.717, 1.165) is 12.8 Å². The highest BCUT2D eigenvalue weighted by atomic mass is 16.6. The third kappa shape index (κ3) is 3.07. The van der Waals surface area contributed by atoms with Crippen molar-refractivity contribution in [2.24, 2.45) is 0 Å². The van der Waals surface area contributed by atoms with E-state index >= 15 is 0 Å². The van der Waals surface area contributed by atoms with Crippen LogP contribution in [0.4, 0.5) is 4.79 Å². The zero-order valence-electron chi connectivity index (χ0n) is 13.9. The minimum absolute atomic E-state index is 0.0189. The molecule has 2 fully saturated rings. The smallest absolute Gasteiger partial charge is 0.410 e. The number of H-pyrrole nitrogens is 1. The number of hydrogen-bond donors (Lipinski definition) is 1. The van der Waals surface area contributed by atoms with Crippen molar-refractivity contribution in [2.45, 2.75) is 51.2 Å². The Morgan fingerprint density at radius 1 is 1.43 bits per heavy atom. The van der Waals surface area contributed by atoms with E-state index in [2.05, 4.69) is 18.8 Å². The molecule has 0 radical (unpaired) electrons. The number of carbonyl (C=O) groups excluding carboxylic acids is 2. The molecule has 23 heavy (non-hydrogen) atoms. The van der Waals surface area contributed by atoms with E-state index in [0.29, 0.717) is 38.2 Å². The Morgan fingerprint density at radius 3 is 2.78 bits per heavy atom. The van der Waals surface area contributed by atoms with Gasteiger partial charge in [0.05, 0.1) is 6.54 Å². The van der Waals surface area contributed by atoms with Crippen LogP contribution < -0.4 is 0 Å². The van der Waals surface area contributed by atoms with Gasteiger partial charge in [0.25, 0.3) is 5.91 Å². The molecule has 0 saturated carbocycles. The van der Waals surface area contributed by atoms with Crippen molar-refractivity contribution in [1.82, 2.24) is 14.8 Å². The Labute approximate surface area is 136 Å². The summed E-state index contributed by atoms with van der Waals surface area (Å²) in [5.41, 5.74) is 0.202. The molecule has 3 rings (SSSR count). The van der Waals surface area contributed by atoms with Crippen LogP contribution in [0.2, 0.25) is 0 Å². The third-order valence-corrected chi connectivity index (χ3v) is 5.03. The van der Waals surface area contributed by atoms with Crippen LogP contribution in [0.15, 0.2) is 18.3 Å². The van der Waals surface area contributed by atoms with Crippen molar-refractivity contribution in [1.29, 1.82) is 0 Å². The molecule has 2 aliphatic heterocycles. The second kappa shape index (κ2) is 6.26. The number of nitrogens with one attached hydrogen (secondary N) is 1. The summed E-state index contributed by atoms with van der Waals surface area (Å²) in [5, 5.41) is 0. The first-order valence-electron chi connectivity index (χ1n) is 8.47. The highest BCUT2D eigenvalue weighted by molar-refractivity contribution is 5.92. The first-order chi connectivity index (χ1) is 11.0. The molecule has 6 heteroatoms. The summed E-state index contributed by atoms with van der Waals surface area (Å²) in [5.74, 6) is 0.0189. The fourth-order valence-corrected chi connectivity index (χ4v) is 3.57. The van der Waals surface area contributed by atoms with Crippen LogP contribution in [-0.4, -0.2) is 58.1 Å². The maximum Gasteiger partial charge on any atom is 0.410 e. The summed E-state index contributed by atoms with van der Waals surface area (Å²) in [7, 11) is 0. The first-order valence-corrected chi connectivity index (χ1v) is 8.47. The largest absolute Gasteiger partial charge is 0.441 e. The van der Waals surface area contributed by atoms with Gasteiger partial charge in [-0.05, 0) is 25.5 Å². The molecule has 1 N–H and O–H groups in total. The summed E-state index contributed by atoms with van der Waals surface area (Å²) in [6.07, 6.45) is 5.01. The van der Waals surface area contributed by atoms with Crippen LogP contribution in [0, 0.1) is 0 Å². The highest BCUT2D eigenvalue weighted by Gasteiger charge is 2.48. The second-order valence-electron chi connectivity index (χ2n) is 6.69. The number of rotatable bonds is 4. The molecule has 1 aromatic rings. The van der Waals surface area contributed by atoms with E-state index in [1.54, 1.807) is 12.3 Å². The normalized spacial score (nSPS) is 21.6. The van der Waals surface area contributed by atoms with Crippen molar-refractivity contribution < 1.29 is 14.3 Å². The van der Waals surface area contributed by atoms with E-state index < -0.39 is 5.60 Å². The summed E-state index contributed by atoms with van der Waals surface area (Å²) < 4.78 is 5.73. The molecule has 0 unspecified atom stereocenters. The van der Waals surface area contributed by atoms with Gasteiger partial charge in [-0.3, -0.25) is 4.79 Å². The average molecular weight is 319 g/mol. The van der Waals surface area contributed by atoms with Crippen LogP contribution in [0.1, 0.15) is 50.0 Å². The van der Waals surface area contributed by atoms with Crippen molar-refractivity contribution in [2.75, 3.05) is 19.6 Å². The van der Waals surface area contributed by atoms with E-state index in [1.807, 2.05) is 15.9 Å². The fraction of sp³-hybridized carbons (Fsp3) is 0.647. The predicted molar refractivity (Wildman–Crippen MR) is 86.2 cm³/mol. The quantitative estimate of drug-likeness (QED) is 0.928. The molecule has 1 aromatic heterocycles. The highest BCUT2D eigenvalue weighted by Crippen LogP contribution is 2.35. The van der Waals surface area contributed by atoms with Gasteiger partial charge in [-0.15, -0.1) is 0 Å². The SMILES string of the molecule is CCC[C@H](C)N1CC2(CCN(C(=O)c3ccc[nH]3)CC2)OC1=O. The molecule has 2 aliphatic rings. The molecule has 6 nitrogen and oxygen atoms in total. The zero-order chi connectivity index (χ0) is 16.4. The monoisotopic (exact) mass is 319 g/mol. The van der Waals surface area contributed by atoms with Crippen LogP contribution >= 0.6 is 0 Å². The Morgan fingerprint density at radius 2 is 2.17 bits per heavy atom. The summed E-state index contributed by atoms with van der Waals surface area (Å²) in [6.45, 7) is 6.10. The van der Waals surface area contributed by atoms with Crippen molar-refractivity contribution in [3.63, 3.8) is 0 Å². The molecule has 2 saturated heterocycles. The lowest BCUT2D eigenvalue weighted by atomic mass is 9.90. The molecular formula is C17H25N3O3. The topological polar surface area (TPSA) is 65.6 Å². The standard InChI is InChI=1S/C17H25N3O3/c1-3-5-13(2)20-12-17(23-16(20)22)7-10-19(11-8-17)15(21)14-6-4-9-18-14/h4,6,9,13,18H,3,5,7-8,10-12H2,1-2H3/t13-/m0/s1. The third-order valence-electron chi connectivity index (χ3n) is 5.03. The zero-order valence-corrected chi connectivity index (χ0v) is 13.9. The van der Waals surface area contributed by atoms with E-state index in [4.69, 9.17) is 4.74 Å². The van der Waals surface area contributed by atoms with Gasteiger partial charge < -0.3 is 19.5 Å². The fourth-order valence-electron chi connectivity index (χ4n) is 3.57. The Kier molecular flexibility index (Phi) is 4.33. The number of aromatic amines is 1. The maximum absolute atomic E-state index is 12.4. The molecule has 0 aliphatic carbocycles. The maximum atomic E-state index is 12.4. The Hall–Kier alpha value is -1.98. The molecule has 1 spiro atoms. The van der Waals surface area contributed by atoms with Gasteiger partial charge >= 0.3 is 6.09 Å². The molecule has 2 amide bonds. The van der Waals surface area contributed by atoms with E-state index in [-0.39, 0.29) is 18.0 Å². The van der Waals surface area contributed by atoms with Crippen LogP contribution in [-0.2, 0) is 4.74 Å². The summed E-state index contributed by atoms with van der Waals surface area (Å²) >= 11 is 0. The summed E-state index contributed by atoms with van der Waals surface area (Å²) in [4.78, 5) is 31.2. The van der Waals surface area contributed by atoms with Crippen molar-refractivity contribution in [3.05, 3.63) is 24.0 Å². The second-order valence-corrected chi connectivity index (χ2v) is 6.69. The Bertz CT molecular complexity index is 562. The van der Waals surface area contributed by atoms with Gasteiger partial charge in [-0.1, -0.05) is 13.3 Å². The molecule has 126 valence electrons. The van der Waals surface area contributed by atoms with Gasteiger partial charge in [0.1, 0.15) is 11.3 Å². The van der Waals surface area contributed by atoms with Gasteiger partial charge in [-0.25, -0.2) is 4.79 Å². The molecular weight excluding hydrogens is 294 g/mol. The molecule has 0 aromatic carbocycles. The lowest BCUT2D eigenvalue weighted by Crippen LogP contribution is -2.49. The van der Waals surface area contributed by atoms with Gasteiger partial charge in [0.15, 0.2) is 0 Å². The minimum atomic E-state index is -0.411. The number of hydrogen-bond acceptors (Lipinski definition) is 3. The number of likely N-dealkylation sites (tertiary alicyclic amines) is 1. The van der Waals surface area contributed by atoms with Crippen LogP contribution in [0.5, 0.6) is 0 Å². The van der Waals surface area contributed by atoms with Crippen LogP contribution in [0.25, 0.3) is 0 Å². The average Bonchev–Trinajstić information content (AvgIpc) is 3.16. The van der Waals surface area contributed by atoms with Crippen LogP contribution in [0.3, 0.4) is 0 Å². The van der Waals surface area contributed by atoms with E-state index in [1.165, 1.54) is 0 Å². The number of carbonyl (C=O) groups is 2. The first kappa shape index (κ1) is 15.9. The van der Waals surface area contributed by atoms with E-state index in [9.17, 15) is 9.59 Å². The number of ether oxygens (including phenoxy) is 1. The van der Waals surface area contributed by atoms with Gasteiger partial charge in [0.2, 0.25) is 0 Å². The number of amides is 2. The number of aromatic nitrogens is 1. The van der Waals surface area contributed by atoms with Crippen molar-refractivity contribution in [3.8, 4) is 0 Å². The van der Waals surface area contributed by atoms with Gasteiger partial charge in [-0.2, -0.15) is 0 Å². The van der Waals surface area contributed by atoms with Gasteiger partial charge in [0, 0.05) is 38.2 Å². The molecule has 0 bridgehead atoms. The predicted octanol–water partition coefficient (Wildman–Crippen LogP) is 2.63. The lowest BCUT2D eigenvalue weighted by molar-refractivity contribution is 0.00292. The number of nitrogens with zero attached hydrogens (tertiary/aromatic N) is 2. The minimum Gasteiger partial charge on any atom is -0.441 e. The van der Waals surface area contributed by atoms with Crippen molar-refractivity contribution >= 4 is 12.0 Å². The lowest BCUT2D eigenvalue weighted by Gasteiger charge is -2.37. The Balaban J connectivity index is 1.60. The molecule has 1 atom stereocenters. The summed E-state index contributed by atoms with van der Waals surface area (Å²) in [6, 6.07) is 3.83.